The molecule has 3 aromatic rings. The van der Waals surface area contributed by atoms with Crippen molar-refractivity contribution in [2.45, 2.75) is 13.8 Å². The summed E-state index contributed by atoms with van der Waals surface area (Å²) in [6.07, 6.45) is 1.38. The summed E-state index contributed by atoms with van der Waals surface area (Å²) in [6, 6.07) is 3.79. The smallest absolute Gasteiger partial charge is 0.354 e. The molecule has 0 aliphatic heterocycles. The lowest BCUT2D eigenvalue weighted by Gasteiger charge is -1.99. The first-order valence-corrected chi connectivity index (χ1v) is 5.28. The molecule has 0 radical (unpaired) electrons. The zero-order valence-corrected chi connectivity index (χ0v) is 9.48. The monoisotopic (exact) mass is 229 g/mol. The summed E-state index contributed by atoms with van der Waals surface area (Å²) in [5.41, 5.74) is 3.76. The van der Waals surface area contributed by atoms with Crippen LogP contribution in [-0.4, -0.2) is 25.4 Å². The fourth-order valence-corrected chi connectivity index (χ4v) is 2.13. The summed E-state index contributed by atoms with van der Waals surface area (Å²) in [5.74, 6) is -0.977. The number of nitrogens with one attached hydrogen (secondary N) is 1. The van der Waals surface area contributed by atoms with E-state index in [2.05, 4.69) is 9.97 Å². The molecule has 0 saturated heterocycles. The molecule has 0 atom stereocenters. The second-order valence-corrected chi connectivity index (χ2v) is 4.11. The molecule has 0 unspecified atom stereocenters. The Morgan fingerprint density at radius 2 is 2.18 bits per heavy atom. The zero-order valence-electron chi connectivity index (χ0n) is 9.48. The SMILES string of the molecule is Cc1[nH]c2c(ccc3ncc(C(=O)O)n32)c1C. The topological polar surface area (TPSA) is 70.4 Å². The Hall–Kier alpha value is -2.30. The van der Waals surface area contributed by atoms with Gasteiger partial charge in [-0.05, 0) is 31.5 Å². The van der Waals surface area contributed by atoms with Gasteiger partial charge in [-0.2, -0.15) is 0 Å². The number of fused-ring (bicyclic) bond motifs is 3. The van der Waals surface area contributed by atoms with Crippen LogP contribution in [0.3, 0.4) is 0 Å². The number of aromatic carboxylic acids is 1. The lowest BCUT2D eigenvalue weighted by molar-refractivity contribution is 0.0689. The molecular formula is C12H11N3O2. The van der Waals surface area contributed by atoms with Gasteiger partial charge in [0, 0.05) is 11.1 Å². The molecular weight excluding hydrogens is 218 g/mol. The number of carbonyl (C=O) groups is 1. The Morgan fingerprint density at radius 1 is 1.41 bits per heavy atom. The number of nitrogens with zero attached hydrogens (tertiary/aromatic N) is 2. The summed E-state index contributed by atoms with van der Waals surface area (Å²) in [4.78, 5) is 18.4. The summed E-state index contributed by atoms with van der Waals surface area (Å²) in [7, 11) is 0. The number of carboxylic acids is 1. The van der Waals surface area contributed by atoms with E-state index in [1.54, 1.807) is 4.40 Å². The van der Waals surface area contributed by atoms with Crippen molar-refractivity contribution in [3.63, 3.8) is 0 Å². The molecule has 0 bridgehead atoms. The van der Waals surface area contributed by atoms with Crippen LogP contribution in [0.5, 0.6) is 0 Å². The van der Waals surface area contributed by atoms with E-state index < -0.39 is 5.97 Å². The minimum atomic E-state index is -0.977. The number of imidazole rings is 1. The van der Waals surface area contributed by atoms with Crippen molar-refractivity contribution in [1.29, 1.82) is 0 Å². The van der Waals surface area contributed by atoms with Gasteiger partial charge >= 0.3 is 5.97 Å². The van der Waals surface area contributed by atoms with E-state index in [1.165, 1.54) is 6.20 Å². The maximum absolute atomic E-state index is 11.1. The van der Waals surface area contributed by atoms with Crippen LogP contribution < -0.4 is 0 Å². The van der Waals surface area contributed by atoms with Crippen LogP contribution in [0.15, 0.2) is 18.3 Å². The highest BCUT2D eigenvalue weighted by molar-refractivity contribution is 5.91. The molecule has 5 nitrogen and oxygen atoms in total. The van der Waals surface area contributed by atoms with Crippen LogP contribution in [0.1, 0.15) is 21.7 Å². The largest absolute Gasteiger partial charge is 0.477 e. The standard InChI is InChI=1S/C12H11N3O2/c1-6-7(2)14-11-8(6)3-4-10-13-5-9(12(16)17)15(10)11/h3-5,14H,1-2H3,(H,16,17). The average Bonchev–Trinajstić information content (AvgIpc) is 2.82. The van der Waals surface area contributed by atoms with Crippen molar-refractivity contribution in [3.8, 4) is 0 Å². The number of rotatable bonds is 1. The van der Waals surface area contributed by atoms with Crippen LogP contribution in [0.4, 0.5) is 0 Å². The third-order valence-electron chi connectivity index (χ3n) is 3.16. The second kappa shape index (κ2) is 3.10. The molecule has 0 fully saturated rings. The highest BCUT2D eigenvalue weighted by atomic mass is 16.4. The molecule has 3 heterocycles. The van der Waals surface area contributed by atoms with Crippen LogP contribution >= 0.6 is 0 Å². The Morgan fingerprint density at radius 3 is 2.88 bits per heavy atom. The fraction of sp³-hybridized carbons (Fsp3) is 0.167. The van der Waals surface area contributed by atoms with Crippen LogP contribution in [0.25, 0.3) is 16.7 Å². The van der Waals surface area contributed by atoms with Crippen molar-refractivity contribution >= 4 is 22.6 Å². The van der Waals surface area contributed by atoms with E-state index in [1.807, 2.05) is 26.0 Å². The molecule has 86 valence electrons. The Labute approximate surface area is 96.7 Å². The molecule has 3 aromatic heterocycles. The Bertz CT molecular complexity index is 752. The molecule has 2 N–H and O–H groups in total. The number of aromatic amines is 1. The summed E-state index contributed by atoms with van der Waals surface area (Å²) in [5, 5.41) is 10.2. The van der Waals surface area contributed by atoms with E-state index in [0.29, 0.717) is 5.65 Å². The van der Waals surface area contributed by atoms with Crippen LogP contribution in [0.2, 0.25) is 0 Å². The minimum Gasteiger partial charge on any atom is -0.477 e. The Balaban J connectivity index is 2.57. The third-order valence-corrected chi connectivity index (χ3v) is 3.16. The predicted octanol–water partition coefficient (Wildman–Crippen LogP) is 2.13. The van der Waals surface area contributed by atoms with Crippen LogP contribution in [-0.2, 0) is 0 Å². The zero-order chi connectivity index (χ0) is 12.2. The highest BCUT2D eigenvalue weighted by Crippen LogP contribution is 2.23. The fourth-order valence-electron chi connectivity index (χ4n) is 2.13. The van der Waals surface area contributed by atoms with Crippen molar-refractivity contribution in [2.24, 2.45) is 0 Å². The van der Waals surface area contributed by atoms with Gasteiger partial charge in [-0.3, -0.25) is 4.40 Å². The second-order valence-electron chi connectivity index (χ2n) is 4.11. The van der Waals surface area contributed by atoms with E-state index in [9.17, 15) is 4.79 Å². The summed E-state index contributed by atoms with van der Waals surface area (Å²) < 4.78 is 1.64. The molecule has 0 saturated carbocycles. The lowest BCUT2D eigenvalue weighted by atomic mass is 10.2. The maximum atomic E-state index is 11.1. The van der Waals surface area contributed by atoms with Crippen molar-refractivity contribution in [2.75, 3.05) is 0 Å². The van der Waals surface area contributed by atoms with Crippen LogP contribution in [0, 0.1) is 13.8 Å². The number of carboxylic acid groups (broad SMARTS) is 1. The molecule has 0 aromatic carbocycles. The van der Waals surface area contributed by atoms with Gasteiger partial charge in [0.1, 0.15) is 11.3 Å². The number of hydrogen-bond acceptors (Lipinski definition) is 2. The predicted molar refractivity (Wildman–Crippen MR) is 63.5 cm³/mol. The Kier molecular flexibility index (Phi) is 1.80. The van der Waals surface area contributed by atoms with Gasteiger partial charge in [-0.15, -0.1) is 0 Å². The van der Waals surface area contributed by atoms with Gasteiger partial charge in [0.25, 0.3) is 0 Å². The summed E-state index contributed by atoms with van der Waals surface area (Å²) in [6.45, 7) is 3.98. The molecule has 0 aliphatic rings. The first-order valence-electron chi connectivity index (χ1n) is 5.28. The van der Waals surface area contributed by atoms with E-state index in [4.69, 9.17) is 5.11 Å². The minimum absolute atomic E-state index is 0.173. The number of aryl methyl sites for hydroxylation is 2. The van der Waals surface area contributed by atoms with Gasteiger partial charge in [-0.1, -0.05) is 0 Å². The van der Waals surface area contributed by atoms with E-state index >= 15 is 0 Å². The molecule has 0 aliphatic carbocycles. The molecule has 5 heteroatoms. The number of H-pyrrole nitrogens is 1. The maximum Gasteiger partial charge on any atom is 0.354 e. The van der Waals surface area contributed by atoms with Gasteiger partial charge < -0.3 is 10.1 Å². The summed E-state index contributed by atoms with van der Waals surface area (Å²) >= 11 is 0. The lowest BCUT2D eigenvalue weighted by Crippen LogP contribution is -2.02. The molecule has 17 heavy (non-hydrogen) atoms. The van der Waals surface area contributed by atoms with Crippen molar-refractivity contribution in [3.05, 3.63) is 35.3 Å². The number of hydrogen-bond donors (Lipinski definition) is 2. The first-order chi connectivity index (χ1) is 8.09. The molecule has 0 amide bonds. The van der Waals surface area contributed by atoms with Gasteiger partial charge in [-0.25, -0.2) is 9.78 Å². The highest BCUT2D eigenvalue weighted by Gasteiger charge is 2.15. The molecule has 0 spiro atoms. The average molecular weight is 229 g/mol. The van der Waals surface area contributed by atoms with Crippen molar-refractivity contribution < 1.29 is 9.90 Å². The number of pyridine rings is 1. The van der Waals surface area contributed by atoms with E-state index in [-0.39, 0.29) is 5.69 Å². The van der Waals surface area contributed by atoms with E-state index in [0.717, 1.165) is 22.3 Å². The number of aromatic nitrogens is 3. The molecule has 3 rings (SSSR count). The van der Waals surface area contributed by atoms with Gasteiger partial charge in [0.2, 0.25) is 0 Å². The quantitative estimate of drug-likeness (QED) is 0.671. The van der Waals surface area contributed by atoms with Crippen molar-refractivity contribution in [1.82, 2.24) is 14.4 Å². The third kappa shape index (κ3) is 1.19. The van der Waals surface area contributed by atoms with Gasteiger partial charge in [0.05, 0.1) is 6.20 Å². The normalized spacial score (nSPS) is 11.4. The first kappa shape index (κ1) is 9.89. The van der Waals surface area contributed by atoms with Gasteiger partial charge in [0.15, 0.2) is 5.69 Å².